The van der Waals surface area contributed by atoms with Gasteiger partial charge in [-0.25, -0.2) is 0 Å². The summed E-state index contributed by atoms with van der Waals surface area (Å²) in [5, 5.41) is 4.63. The number of benzene rings is 2. The molecule has 3 aromatic rings. The van der Waals surface area contributed by atoms with Crippen LogP contribution in [0.2, 0.25) is 0 Å². The maximum Gasteiger partial charge on any atom is 0.123 e. The number of rotatable bonds is 9. The molecule has 0 radical (unpaired) electrons. The normalized spacial score (nSPS) is 14.9. The van der Waals surface area contributed by atoms with Gasteiger partial charge in [0, 0.05) is 29.7 Å². The van der Waals surface area contributed by atoms with Crippen LogP contribution in [-0.2, 0) is 6.54 Å². The lowest BCUT2D eigenvalue weighted by Gasteiger charge is -2.28. The molecule has 1 saturated heterocycles. The number of pyridine rings is 1. The SMILES string of the molecule is Cc1ccc2cc(-c3ccc(OCCCN)c(CN(C)CC4CCNCC4)c3)ccc2n1. The first kappa shape index (κ1) is 22.7. The third kappa shape index (κ3) is 5.85. The molecule has 5 nitrogen and oxygen atoms in total. The fourth-order valence-electron chi connectivity index (χ4n) is 4.56. The molecular formula is C27H36N4O. The van der Waals surface area contributed by atoms with Gasteiger partial charge in [-0.1, -0.05) is 18.2 Å². The Morgan fingerprint density at radius 1 is 1.06 bits per heavy atom. The third-order valence-electron chi connectivity index (χ3n) is 6.30. The van der Waals surface area contributed by atoms with Crippen molar-refractivity contribution >= 4 is 10.9 Å². The van der Waals surface area contributed by atoms with Crippen LogP contribution in [0.15, 0.2) is 48.5 Å². The molecule has 0 spiro atoms. The van der Waals surface area contributed by atoms with E-state index in [1.54, 1.807) is 0 Å². The van der Waals surface area contributed by atoms with Crippen molar-refractivity contribution in [2.45, 2.75) is 32.7 Å². The van der Waals surface area contributed by atoms with Crippen LogP contribution in [0.1, 0.15) is 30.5 Å². The summed E-state index contributed by atoms with van der Waals surface area (Å²) >= 11 is 0. The van der Waals surface area contributed by atoms with E-state index in [-0.39, 0.29) is 0 Å². The zero-order valence-electron chi connectivity index (χ0n) is 19.4. The molecule has 1 aliphatic heterocycles. The lowest BCUT2D eigenvalue weighted by Crippen LogP contribution is -2.34. The van der Waals surface area contributed by atoms with Gasteiger partial charge < -0.3 is 20.7 Å². The number of nitrogens with zero attached hydrogens (tertiary/aromatic N) is 2. The Kier molecular flexibility index (Phi) is 7.74. The van der Waals surface area contributed by atoms with Gasteiger partial charge >= 0.3 is 0 Å². The lowest BCUT2D eigenvalue weighted by atomic mass is 9.97. The van der Waals surface area contributed by atoms with Gasteiger partial charge in [0.2, 0.25) is 0 Å². The van der Waals surface area contributed by atoms with Crippen molar-refractivity contribution < 1.29 is 4.74 Å². The maximum absolute atomic E-state index is 6.12. The van der Waals surface area contributed by atoms with Gasteiger partial charge in [0.05, 0.1) is 12.1 Å². The minimum absolute atomic E-state index is 0.646. The Balaban J connectivity index is 1.57. The molecule has 2 aromatic carbocycles. The number of nitrogens with two attached hydrogens (primary N) is 1. The number of aryl methyl sites for hydroxylation is 1. The number of aromatic nitrogens is 1. The Bertz CT molecular complexity index is 1030. The fourth-order valence-corrected chi connectivity index (χ4v) is 4.56. The highest BCUT2D eigenvalue weighted by atomic mass is 16.5. The van der Waals surface area contributed by atoms with E-state index in [0.717, 1.165) is 55.5 Å². The third-order valence-corrected chi connectivity index (χ3v) is 6.30. The molecule has 1 aliphatic rings. The van der Waals surface area contributed by atoms with Crippen LogP contribution in [0.5, 0.6) is 5.75 Å². The second-order valence-corrected chi connectivity index (χ2v) is 9.06. The number of nitrogens with one attached hydrogen (secondary N) is 1. The van der Waals surface area contributed by atoms with E-state index < -0.39 is 0 Å². The fraction of sp³-hybridized carbons (Fsp3) is 0.444. The van der Waals surface area contributed by atoms with Gasteiger partial charge in [-0.2, -0.15) is 0 Å². The average molecular weight is 433 g/mol. The first-order valence-electron chi connectivity index (χ1n) is 11.9. The number of fused-ring (bicyclic) bond motifs is 1. The van der Waals surface area contributed by atoms with Gasteiger partial charge in [-0.05, 0) is 100 Å². The van der Waals surface area contributed by atoms with Crippen LogP contribution in [-0.4, -0.2) is 49.7 Å². The maximum atomic E-state index is 6.12. The zero-order valence-corrected chi connectivity index (χ0v) is 19.4. The average Bonchev–Trinajstić information content (AvgIpc) is 2.80. The summed E-state index contributed by atoms with van der Waals surface area (Å²) in [4.78, 5) is 7.08. The largest absolute Gasteiger partial charge is 0.493 e. The lowest BCUT2D eigenvalue weighted by molar-refractivity contribution is 0.230. The van der Waals surface area contributed by atoms with E-state index in [1.807, 2.05) is 6.92 Å². The van der Waals surface area contributed by atoms with Crippen molar-refractivity contribution in [1.82, 2.24) is 15.2 Å². The molecule has 170 valence electrons. The Hall–Kier alpha value is -2.47. The molecule has 1 aromatic heterocycles. The molecule has 0 amide bonds. The molecule has 0 atom stereocenters. The summed E-state index contributed by atoms with van der Waals surface area (Å²) in [5.74, 6) is 1.74. The summed E-state index contributed by atoms with van der Waals surface area (Å²) in [6.07, 6.45) is 3.38. The smallest absolute Gasteiger partial charge is 0.123 e. The van der Waals surface area contributed by atoms with Crippen LogP contribution < -0.4 is 15.8 Å². The van der Waals surface area contributed by atoms with Crippen molar-refractivity contribution in [2.75, 3.05) is 39.8 Å². The second-order valence-electron chi connectivity index (χ2n) is 9.06. The standard InChI is InChI=1S/C27H36N4O/c1-20-4-5-24-16-22(6-8-26(24)30-20)23-7-9-27(32-15-3-12-28)25(17-23)19-31(2)18-21-10-13-29-14-11-21/h4-9,16-17,21,29H,3,10-15,18-19,28H2,1-2H3. The van der Waals surface area contributed by atoms with E-state index >= 15 is 0 Å². The van der Waals surface area contributed by atoms with Crippen LogP contribution in [0.25, 0.3) is 22.0 Å². The molecule has 0 aliphatic carbocycles. The highest BCUT2D eigenvalue weighted by Crippen LogP contribution is 2.30. The number of hydrogen-bond acceptors (Lipinski definition) is 5. The van der Waals surface area contributed by atoms with Crippen LogP contribution in [0.3, 0.4) is 0 Å². The minimum Gasteiger partial charge on any atom is -0.493 e. The minimum atomic E-state index is 0.646. The first-order chi connectivity index (χ1) is 15.6. The van der Waals surface area contributed by atoms with E-state index in [2.05, 4.69) is 70.8 Å². The molecular weight excluding hydrogens is 396 g/mol. The summed E-state index contributed by atoms with van der Waals surface area (Å²) in [7, 11) is 2.22. The second kappa shape index (κ2) is 10.9. The van der Waals surface area contributed by atoms with Crippen molar-refractivity contribution in [3.63, 3.8) is 0 Å². The molecule has 5 heteroatoms. The summed E-state index contributed by atoms with van der Waals surface area (Å²) < 4.78 is 6.12. The van der Waals surface area contributed by atoms with E-state index in [1.165, 1.54) is 34.9 Å². The monoisotopic (exact) mass is 432 g/mol. The number of ether oxygens (including phenoxy) is 1. The zero-order chi connectivity index (χ0) is 22.3. The van der Waals surface area contributed by atoms with Crippen molar-refractivity contribution in [1.29, 1.82) is 0 Å². The van der Waals surface area contributed by atoms with Crippen LogP contribution in [0.4, 0.5) is 0 Å². The molecule has 0 bridgehead atoms. The quantitative estimate of drug-likeness (QED) is 0.492. The molecule has 1 fully saturated rings. The summed E-state index contributed by atoms with van der Waals surface area (Å²) in [6, 6.07) is 17.3. The molecule has 0 saturated carbocycles. The Morgan fingerprint density at radius 3 is 2.66 bits per heavy atom. The van der Waals surface area contributed by atoms with Crippen molar-refractivity contribution in [2.24, 2.45) is 11.7 Å². The van der Waals surface area contributed by atoms with Crippen molar-refractivity contribution in [3.8, 4) is 16.9 Å². The topological polar surface area (TPSA) is 63.4 Å². The highest BCUT2D eigenvalue weighted by molar-refractivity contribution is 5.84. The molecule has 4 rings (SSSR count). The summed E-state index contributed by atoms with van der Waals surface area (Å²) in [5.41, 5.74) is 11.4. The predicted octanol–water partition coefficient (Wildman–Crippen LogP) is 4.37. The Morgan fingerprint density at radius 2 is 1.84 bits per heavy atom. The van der Waals surface area contributed by atoms with Gasteiger partial charge in [0.1, 0.15) is 5.75 Å². The number of piperidine rings is 1. The molecule has 0 unspecified atom stereocenters. The highest BCUT2D eigenvalue weighted by Gasteiger charge is 2.17. The van der Waals surface area contributed by atoms with Crippen LogP contribution >= 0.6 is 0 Å². The van der Waals surface area contributed by atoms with Gasteiger partial charge in [-0.15, -0.1) is 0 Å². The van der Waals surface area contributed by atoms with Gasteiger partial charge in [0.25, 0.3) is 0 Å². The molecule has 3 N–H and O–H groups in total. The summed E-state index contributed by atoms with van der Waals surface area (Å²) in [6.45, 7) is 7.60. The van der Waals surface area contributed by atoms with E-state index in [9.17, 15) is 0 Å². The van der Waals surface area contributed by atoms with Crippen LogP contribution in [0, 0.1) is 12.8 Å². The molecule has 32 heavy (non-hydrogen) atoms. The van der Waals surface area contributed by atoms with Crippen molar-refractivity contribution in [3.05, 3.63) is 59.8 Å². The first-order valence-corrected chi connectivity index (χ1v) is 11.9. The Labute approximate surface area is 192 Å². The van der Waals surface area contributed by atoms with Gasteiger partial charge in [0.15, 0.2) is 0 Å². The molecule has 2 heterocycles. The number of hydrogen-bond donors (Lipinski definition) is 2. The predicted molar refractivity (Wildman–Crippen MR) is 133 cm³/mol. The van der Waals surface area contributed by atoms with E-state index in [0.29, 0.717) is 13.2 Å². The van der Waals surface area contributed by atoms with E-state index in [4.69, 9.17) is 10.5 Å². The van der Waals surface area contributed by atoms with Gasteiger partial charge in [-0.3, -0.25) is 4.98 Å².